The van der Waals surface area contributed by atoms with E-state index < -0.39 is 0 Å². The lowest BCUT2D eigenvalue weighted by Gasteiger charge is -2.27. The third kappa shape index (κ3) is 5.60. The molecule has 2 amide bonds. The molecule has 0 saturated carbocycles. The van der Waals surface area contributed by atoms with Gasteiger partial charge < -0.3 is 15.7 Å². The topological polar surface area (TPSA) is 79.2 Å². The van der Waals surface area contributed by atoms with Crippen molar-refractivity contribution < 1.29 is 9.90 Å². The van der Waals surface area contributed by atoms with Crippen LogP contribution < -0.4 is 10.6 Å². The first-order chi connectivity index (χ1) is 11.8. The third-order valence-corrected chi connectivity index (χ3v) is 4.08. The fourth-order valence-electron chi connectivity index (χ4n) is 2.99. The van der Waals surface area contributed by atoms with E-state index in [0.717, 1.165) is 11.3 Å². The number of urea groups is 1. The van der Waals surface area contributed by atoms with Gasteiger partial charge in [0, 0.05) is 18.9 Å². The van der Waals surface area contributed by atoms with Crippen molar-refractivity contribution in [2.45, 2.75) is 46.3 Å². The van der Waals surface area contributed by atoms with E-state index >= 15 is 0 Å². The van der Waals surface area contributed by atoms with E-state index in [1.165, 1.54) is 0 Å². The van der Waals surface area contributed by atoms with E-state index in [4.69, 9.17) is 0 Å². The number of carbonyl (C=O) groups is 1. The second kappa shape index (κ2) is 8.16. The average Bonchev–Trinajstić information content (AvgIpc) is 3.06. The van der Waals surface area contributed by atoms with Gasteiger partial charge in [0.15, 0.2) is 0 Å². The molecular weight excluding hydrogens is 316 g/mol. The van der Waals surface area contributed by atoms with Gasteiger partial charge in [-0.05, 0) is 43.4 Å². The highest BCUT2D eigenvalue weighted by atomic mass is 16.3. The van der Waals surface area contributed by atoms with Crippen LogP contribution in [0.3, 0.4) is 0 Å². The molecule has 1 aromatic heterocycles. The van der Waals surface area contributed by atoms with Gasteiger partial charge in [-0.3, -0.25) is 0 Å². The number of para-hydroxylation sites is 1. The third-order valence-electron chi connectivity index (χ3n) is 4.08. The Kier molecular flexibility index (Phi) is 6.20. The van der Waals surface area contributed by atoms with Crippen LogP contribution in [0.5, 0.6) is 0 Å². The van der Waals surface area contributed by atoms with Gasteiger partial charge in [-0.1, -0.05) is 32.0 Å². The SMILES string of the molecule is CC(O)CC(C)(C)CNC(=O)NC(C)c1ccccc1-n1cccn1. The van der Waals surface area contributed by atoms with E-state index in [1.54, 1.807) is 17.8 Å². The van der Waals surface area contributed by atoms with E-state index in [1.807, 2.05) is 57.3 Å². The van der Waals surface area contributed by atoms with Crippen molar-refractivity contribution in [3.05, 3.63) is 48.3 Å². The molecule has 25 heavy (non-hydrogen) atoms. The second-order valence-corrected chi connectivity index (χ2v) is 7.28. The van der Waals surface area contributed by atoms with Gasteiger partial charge in [0.1, 0.15) is 0 Å². The largest absolute Gasteiger partial charge is 0.393 e. The van der Waals surface area contributed by atoms with Crippen LogP contribution in [0.1, 0.15) is 45.7 Å². The van der Waals surface area contributed by atoms with Crippen molar-refractivity contribution in [3.8, 4) is 5.69 Å². The summed E-state index contributed by atoms with van der Waals surface area (Å²) in [6.07, 6.45) is 3.85. The number of nitrogens with one attached hydrogen (secondary N) is 2. The highest BCUT2D eigenvalue weighted by molar-refractivity contribution is 5.74. The van der Waals surface area contributed by atoms with Crippen LogP contribution in [0.15, 0.2) is 42.7 Å². The van der Waals surface area contributed by atoms with Crippen LogP contribution in [0.2, 0.25) is 0 Å². The molecule has 0 aliphatic carbocycles. The minimum absolute atomic E-state index is 0.165. The lowest BCUT2D eigenvalue weighted by atomic mass is 9.87. The lowest BCUT2D eigenvalue weighted by molar-refractivity contribution is 0.128. The molecule has 0 saturated heterocycles. The molecule has 2 atom stereocenters. The van der Waals surface area contributed by atoms with Crippen molar-refractivity contribution in [2.75, 3.05) is 6.54 Å². The first-order valence-corrected chi connectivity index (χ1v) is 8.60. The normalized spacial score (nSPS) is 14.0. The van der Waals surface area contributed by atoms with Crippen molar-refractivity contribution in [3.63, 3.8) is 0 Å². The number of nitrogens with zero attached hydrogens (tertiary/aromatic N) is 2. The molecule has 0 aliphatic heterocycles. The highest BCUT2D eigenvalue weighted by Crippen LogP contribution is 2.22. The Morgan fingerprint density at radius 3 is 2.64 bits per heavy atom. The van der Waals surface area contributed by atoms with Gasteiger partial charge >= 0.3 is 6.03 Å². The van der Waals surface area contributed by atoms with E-state index in [9.17, 15) is 9.90 Å². The highest BCUT2D eigenvalue weighted by Gasteiger charge is 2.22. The molecular formula is C19H28N4O2. The molecule has 0 spiro atoms. The molecule has 2 aromatic rings. The Bertz CT molecular complexity index is 680. The maximum atomic E-state index is 12.2. The smallest absolute Gasteiger partial charge is 0.315 e. The Balaban J connectivity index is 1.98. The van der Waals surface area contributed by atoms with E-state index in [2.05, 4.69) is 15.7 Å². The summed E-state index contributed by atoms with van der Waals surface area (Å²) < 4.78 is 1.79. The summed E-state index contributed by atoms with van der Waals surface area (Å²) in [5.74, 6) is 0. The summed E-state index contributed by atoms with van der Waals surface area (Å²) in [6.45, 7) is 8.25. The Morgan fingerprint density at radius 1 is 1.28 bits per heavy atom. The van der Waals surface area contributed by atoms with Gasteiger partial charge in [0.25, 0.3) is 0 Å². The molecule has 2 rings (SSSR count). The fraction of sp³-hybridized carbons (Fsp3) is 0.474. The second-order valence-electron chi connectivity index (χ2n) is 7.28. The molecule has 2 unspecified atom stereocenters. The lowest BCUT2D eigenvalue weighted by Crippen LogP contribution is -2.42. The first kappa shape index (κ1) is 19.0. The van der Waals surface area contributed by atoms with Crippen molar-refractivity contribution in [2.24, 2.45) is 5.41 Å². The average molecular weight is 344 g/mol. The number of rotatable bonds is 7. The molecule has 0 bridgehead atoms. The van der Waals surface area contributed by atoms with Crippen LogP contribution in [-0.2, 0) is 0 Å². The van der Waals surface area contributed by atoms with E-state index in [0.29, 0.717) is 13.0 Å². The van der Waals surface area contributed by atoms with Gasteiger partial charge in [0.2, 0.25) is 0 Å². The van der Waals surface area contributed by atoms with Crippen LogP contribution in [-0.4, -0.2) is 33.6 Å². The zero-order valence-corrected chi connectivity index (χ0v) is 15.4. The molecule has 0 aliphatic rings. The standard InChI is InChI=1S/C19H28N4O2/c1-14(24)12-19(3,4)13-20-18(25)22-15(2)16-8-5-6-9-17(16)23-11-7-10-21-23/h5-11,14-15,24H,12-13H2,1-4H3,(H2,20,22,25). The summed E-state index contributed by atoms with van der Waals surface area (Å²) in [5.41, 5.74) is 1.76. The van der Waals surface area contributed by atoms with Crippen molar-refractivity contribution in [1.82, 2.24) is 20.4 Å². The zero-order valence-electron chi connectivity index (χ0n) is 15.4. The molecule has 0 fully saturated rings. The van der Waals surface area contributed by atoms with Gasteiger partial charge in [-0.25, -0.2) is 9.48 Å². The summed E-state index contributed by atoms with van der Waals surface area (Å²) in [7, 11) is 0. The number of carbonyl (C=O) groups excluding carboxylic acids is 1. The molecule has 6 heteroatoms. The number of hydrogen-bond acceptors (Lipinski definition) is 3. The summed E-state index contributed by atoms with van der Waals surface area (Å²) >= 11 is 0. The Hall–Kier alpha value is -2.34. The van der Waals surface area contributed by atoms with Gasteiger partial charge in [-0.15, -0.1) is 0 Å². The maximum absolute atomic E-state index is 12.2. The summed E-state index contributed by atoms with van der Waals surface area (Å²) in [4.78, 5) is 12.2. The van der Waals surface area contributed by atoms with Crippen LogP contribution in [0.25, 0.3) is 5.69 Å². The summed E-state index contributed by atoms with van der Waals surface area (Å²) in [6, 6.07) is 9.34. The number of aliphatic hydroxyl groups is 1. The minimum atomic E-state index is -0.389. The monoisotopic (exact) mass is 344 g/mol. The quantitative estimate of drug-likeness (QED) is 0.722. The predicted molar refractivity (Wildman–Crippen MR) is 98.6 cm³/mol. The molecule has 3 N–H and O–H groups in total. The van der Waals surface area contributed by atoms with Gasteiger partial charge in [0.05, 0.1) is 17.8 Å². The number of aromatic nitrogens is 2. The van der Waals surface area contributed by atoms with Crippen LogP contribution in [0.4, 0.5) is 4.79 Å². The minimum Gasteiger partial charge on any atom is -0.393 e. The predicted octanol–water partition coefficient (Wildman–Crippen LogP) is 3.03. The molecule has 0 radical (unpaired) electrons. The van der Waals surface area contributed by atoms with Gasteiger partial charge in [-0.2, -0.15) is 5.10 Å². The number of benzene rings is 1. The Morgan fingerprint density at radius 2 is 2.00 bits per heavy atom. The van der Waals surface area contributed by atoms with Crippen LogP contribution in [0, 0.1) is 5.41 Å². The fourth-order valence-corrected chi connectivity index (χ4v) is 2.99. The zero-order chi connectivity index (χ0) is 18.4. The first-order valence-electron chi connectivity index (χ1n) is 8.60. The number of amides is 2. The molecule has 1 heterocycles. The van der Waals surface area contributed by atoms with Crippen LogP contribution >= 0.6 is 0 Å². The molecule has 1 aromatic carbocycles. The molecule has 6 nitrogen and oxygen atoms in total. The van der Waals surface area contributed by atoms with Crippen molar-refractivity contribution in [1.29, 1.82) is 0 Å². The molecule has 136 valence electrons. The number of aliphatic hydroxyl groups excluding tert-OH is 1. The maximum Gasteiger partial charge on any atom is 0.315 e. The summed E-state index contributed by atoms with van der Waals surface area (Å²) in [5, 5.41) is 19.7. The van der Waals surface area contributed by atoms with E-state index in [-0.39, 0.29) is 23.6 Å². The number of hydrogen-bond donors (Lipinski definition) is 3. The van der Waals surface area contributed by atoms with Crippen molar-refractivity contribution >= 4 is 6.03 Å². The Labute approximate surface area is 149 Å².